The van der Waals surface area contributed by atoms with E-state index >= 15 is 0 Å². The van der Waals surface area contributed by atoms with Crippen molar-refractivity contribution in [2.75, 3.05) is 21.3 Å². The zero-order chi connectivity index (χ0) is 12.3. The molecule has 90 valence electrons. The van der Waals surface area contributed by atoms with Crippen molar-refractivity contribution in [2.24, 2.45) is 0 Å². The number of nitrogens with one attached hydrogen (secondary N) is 1. The molecule has 1 rings (SSSR count). The third-order valence-corrected chi connectivity index (χ3v) is 3.16. The summed E-state index contributed by atoms with van der Waals surface area (Å²) in [6.45, 7) is 4.11. The highest BCUT2D eigenvalue weighted by atomic mass is 35.5. The molecule has 1 aromatic carbocycles. The van der Waals surface area contributed by atoms with Gasteiger partial charge in [-0.05, 0) is 32.5 Å². The second kappa shape index (κ2) is 4.93. The number of hydrogen-bond donors (Lipinski definition) is 1. The van der Waals surface area contributed by atoms with E-state index in [1.807, 2.05) is 19.2 Å². The summed E-state index contributed by atoms with van der Waals surface area (Å²) in [5, 5.41) is 3.79. The quantitative estimate of drug-likeness (QED) is 0.882. The van der Waals surface area contributed by atoms with Crippen LogP contribution in [0.1, 0.15) is 19.4 Å². The van der Waals surface area contributed by atoms with Crippen LogP contribution < -0.4 is 14.8 Å². The molecule has 0 fully saturated rings. The number of halogens is 1. The van der Waals surface area contributed by atoms with Crippen molar-refractivity contribution in [3.63, 3.8) is 0 Å². The van der Waals surface area contributed by atoms with Gasteiger partial charge in [0.25, 0.3) is 0 Å². The lowest BCUT2D eigenvalue weighted by molar-refractivity contribution is 0.352. The summed E-state index contributed by atoms with van der Waals surface area (Å²) in [6, 6.07) is 3.80. The lowest BCUT2D eigenvalue weighted by Crippen LogP contribution is -2.33. The summed E-state index contributed by atoms with van der Waals surface area (Å²) < 4.78 is 10.5. The van der Waals surface area contributed by atoms with Crippen molar-refractivity contribution in [3.8, 4) is 11.5 Å². The van der Waals surface area contributed by atoms with Gasteiger partial charge in [-0.2, -0.15) is 0 Å². The van der Waals surface area contributed by atoms with Gasteiger partial charge in [-0.1, -0.05) is 17.7 Å². The Morgan fingerprint density at radius 3 is 2.25 bits per heavy atom. The third-order valence-electron chi connectivity index (χ3n) is 2.78. The summed E-state index contributed by atoms with van der Waals surface area (Å²) in [5.74, 6) is 1.22. The van der Waals surface area contributed by atoms with Crippen LogP contribution in [-0.4, -0.2) is 21.3 Å². The minimum Gasteiger partial charge on any atom is -0.493 e. The third kappa shape index (κ3) is 2.25. The highest BCUT2D eigenvalue weighted by molar-refractivity contribution is 6.33. The number of ether oxygens (including phenoxy) is 2. The Hall–Kier alpha value is -0.930. The average molecular weight is 244 g/mol. The molecule has 0 atom stereocenters. The van der Waals surface area contributed by atoms with E-state index in [0.717, 1.165) is 5.56 Å². The number of rotatable bonds is 4. The Kier molecular flexibility index (Phi) is 4.05. The minimum atomic E-state index is -0.212. The van der Waals surface area contributed by atoms with Gasteiger partial charge in [-0.15, -0.1) is 0 Å². The molecular formula is C12H18ClNO2. The highest BCUT2D eigenvalue weighted by Crippen LogP contribution is 2.40. The van der Waals surface area contributed by atoms with Gasteiger partial charge >= 0.3 is 0 Å². The van der Waals surface area contributed by atoms with Gasteiger partial charge in [0.15, 0.2) is 11.5 Å². The Bertz CT molecular complexity index is 378. The molecule has 16 heavy (non-hydrogen) atoms. The summed E-state index contributed by atoms with van der Waals surface area (Å²) in [6.07, 6.45) is 0. The second-order valence-corrected chi connectivity index (χ2v) is 4.42. The van der Waals surface area contributed by atoms with Crippen LogP contribution in [0.3, 0.4) is 0 Å². The molecule has 4 heteroatoms. The molecule has 0 aromatic heterocycles. The molecule has 0 aliphatic carbocycles. The van der Waals surface area contributed by atoms with Crippen molar-refractivity contribution in [3.05, 3.63) is 22.7 Å². The predicted molar refractivity (Wildman–Crippen MR) is 66.6 cm³/mol. The second-order valence-electron chi connectivity index (χ2n) is 4.04. The molecule has 0 bridgehead atoms. The van der Waals surface area contributed by atoms with Crippen molar-refractivity contribution in [2.45, 2.75) is 19.4 Å². The standard InChI is InChI=1S/C12H18ClNO2/c1-12(2,14-3)8-6-7-9(15-4)11(16-5)10(8)13/h6-7,14H,1-5H3. The van der Waals surface area contributed by atoms with Crippen LogP contribution in [-0.2, 0) is 5.54 Å². The average Bonchev–Trinajstić information content (AvgIpc) is 2.28. The smallest absolute Gasteiger partial charge is 0.179 e. The maximum atomic E-state index is 6.31. The van der Waals surface area contributed by atoms with Gasteiger partial charge in [0.2, 0.25) is 0 Å². The van der Waals surface area contributed by atoms with Gasteiger partial charge in [-0.3, -0.25) is 0 Å². The number of hydrogen-bond acceptors (Lipinski definition) is 3. The Morgan fingerprint density at radius 1 is 1.19 bits per heavy atom. The first-order valence-electron chi connectivity index (χ1n) is 5.07. The van der Waals surface area contributed by atoms with E-state index in [2.05, 4.69) is 19.2 Å². The van der Waals surface area contributed by atoms with Crippen molar-refractivity contribution in [1.82, 2.24) is 5.32 Å². The number of methoxy groups -OCH3 is 2. The lowest BCUT2D eigenvalue weighted by Gasteiger charge is -2.27. The zero-order valence-electron chi connectivity index (χ0n) is 10.3. The zero-order valence-corrected chi connectivity index (χ0v) is 11.1. The SMILES string of the molecule is CNC(C)(C)c1ccc(OC)c(OC)c1Cl. The molecule has 0 spiro atoms. The van der Waals surface area contributed by atoms with E-state index in [1.165, 1.54) is 0 Å². The van der Waals surface area contributed by atoms with Gasteiger partial charge in [-0.25, -0.2) is 0 Å². The van der Waals surface area contributed by atoms with E-state index in [9.17, 15) is 0 Å². The summed E-state index contributed by atoms with van der Waals surface area (Å²) >= 11 is 6.31. The highest BCUT2D eigenvalue weighted by Gasteiger charge is 2.24. The molecule has 0 aliphatic rings. The fourth-order valence-corrected chi connectivity index (χ4v) is 1.98. The maximum Gasteiger partial charge on any atom is 0.179 e. The first-order chi connectivity index (χ1) is 7.47. The van der Waals surface area contributed by atoms with Crippen LogP contribution in [0, 0.1) is 0 Å². The van der Waals surface area contributed by atoms with Crippen LogP contribution >= 0.6 is 11.6 Å². The Labute approximate surface area is 102 Å². The fourth-order valence-electron chi connectivity index (χ4n) is 1.51. The van der Waals surface area contributed by atoms with E-state index in [-0.39, 0.29) is 5.54 Å². The van der Waals surface area contributed by atoms with Gasteiger partial charge in [0.05, 0.1) is 19.2 Å². The van der Waals surface area contributed by atoms with Crippen molar-refractivity contribution in [1.29, 1.82) is 0 Å². The summed E-state index contributed by atoms with van der Waals surface area (Å²) in [4.78, 5) is 0. The topological polar surface area (TPSA) is 30.5 Å². The molecule has 3 nitrogen and oxygen atoms in total. The molecular weight excluding hydrogens is 226 g/mol. The Morgan fingerprint density at radius 2 is 1.81 bits per heavy atom. The van der Waals surface area contributed by atoms with E-state index in [4.69, 9.17) is 21.1 Å². The fraction of sp³-hybridized carbons (Fsp3) is 0.500. The Balaban J connectivity index is 3.35. The monoisotopic (exact) mass is 243 g/mol. The first kappa shape index (κ1) is 13.1. The molecule has 0 amide bonds. The molecule has 0 heterocycles. The van der Waals surface area contributed by atoms with E-state index < -0.39 is 0 Å². The first-order valence-corrected chi connectivity index (χ1v) is 5.45. The number of benzene rings is 1. The van der Waals surface area contributed by atoms with Crippen LogP contribution in [0.25, 0.3) is 0 Å². The summed E-state index contributed by atoms with van der Waals surface area (Å²) in [7, 11) is 5.07. The van der Waals surface area contributed by atoms with E-state index in [1.54, 1.807) is 14.2 Å². The van der Waals surface area contributed by atoms with Crippen LogP contribution in [0.2, 0.25) is 5.02 Å². The maximum absolute atomic E-state index is 6.31. The predicted octanol–water partition coefficient (Wildman–Crippen LogP) is 2.81. The normalized spacial score (nSPS) is 11.4. The molecule has 0 saturated heterocycles. The minimum absolute atomic E-state index is 0.212. The molecule has 1 N–H and O–H groups in total. The van der Waals surface area contributed by atoms with Crippen molar-refractivity contribution < 1.29 is 9.47 Å². The molecule has 0 unspecified atom stereocenters. The molecule has 0 aliphatic heterocycles. The summed E-state index contributed by atoms with van der Waals surface area (Å²) in [5.41, 5.74) is 0.769. The van der Waals surface area contributed by atoms with Gasteiger partial charge in [0.1, 0.15) is 0 Å². The lowest BCUT2D eigenvalue weighted by atomic mass is 9.94. The largest absolute Gasteiger partial charge is 0.493 e. The van der Waals surface area contributed by atoms with Crippen LogP contribution in [0.4, 0.5) is 0 Å². The van der Waals surface area contributed by atoms with Gasteiger partial charge < -0.3 is 14.8 Å². The van der Waals surface area contributed by atoms with Crippen LogP contribution in [0.15, 0.2) is 12.1 Å². The van der Waals surface area contributed by atoms with Crippen molar-refractivity contribution >= 4 is 11.6 Å². The molecule has 1 aromatic rings. The molecule has 0 saturated carbocycles. The van der Waals surface area contributed by atoms with Crippen LogP contribution in [0.5, 0.6) is 11.5 Å². The molecule has 0 radical (unpaired) electrons. The van der Waals surface area contributed by atoms with E-state index in [0.29, 0.717) is 16.5 Å². The van der Waals surface area contributed by atoms with Gasteiger partial charge in [0, 0.05) is 5.54 Å².